The number of methoxy groups -OCH3 is 3. The maximum Gasteiger partial charge on any atom is 0.309 e. The van der Waals surface area contributed by atoms with Crippen LogP contribution in [0.5, 0.6) is 11.5 Å². The van der Waals surface area contributed by atoms with E-state index in [4.69, 9.17) is 9.47 Å². The number of benzene rings is 2. The fourth-order valence-corrected chi connectivity index (χ4v) is 2.41. The molecule has 0 aromatic heterocycles. The monoisotopic (exact) mass is 372 g/mol. The van der Waals surface area contributed by atoms with Gasteiger partial charge in [0.2, 0.25) is 0 Å². The summed E-state index contributed by atoms with van der Waals surface area (Å²) < 4.78 is 14.9. The quantitative estimate of drug-likeness (QED) is 0.566. The first kappa shape index (κ1) is 22.2. The molecular formula is C22H28O5. The molecule has 146 valence electrons. The van der Waals surface area contributed by atoms with Crippen LogP contribution in [0.1, 0.15) is 35.1 Å². The van der Waals surface area contributed by atoms with E-state index in [-0.39, 0.29) is 18.3 Å². The van der Waals surface area contributed by atoms with Crippen molar-refractivity contribution in [2.24, 2.45) is 0 Å². The first-order valence-corrected chi connectivity index (χ1v) is 8.66. The van der Waals surface area contributed by atoms with Crippen LogP contribution < -0.4 is 9.47 Å². The van der Waals surface area contributed by atoms with E-state index >= 15 is 0 Å². The molecule has 5 heteroatoms. The van der Waals surface area contributed by atoms with Crippen LogP contribution in [0.15, 0.2) is 36.4 Å². The molecule has 0 aliphatic carbocycles. The molecule has 1 unspecified atom stereocenters. The normalized spacial score (nSPS) is 10.9. The van der Waals surface area contributed by atoms with Crippen LogP contribution in [0.4, 0.5) is 0 Å². The molecule has 0 heterocycles. The highest BCUT2D eigenvalue weighted by molar-refractivity contribution is 5.72. The van der Waals surface area contributed by atoms with E-state index in [0.29, 0.717) is 0 Å². The molecule has 5 nitrogen and oxygen atoms in total. The fraction of sp³-hybridized carbons (Fsp3) is 0.364. The van der Waals surface area contributed by atoms with Crippen LogP contribution in [0.25, 0.3) is 0 Å². The number of esters is 1. The molecule has 0 amide bonds. The van der Waals surface area contributed by atoms with Crippen LogP contribution in [-0.2, 0) is 20.7 Å². The third-order valence-electron chi connectivity index (χ3n) is 4.21. The summed E-state index contributed by atoms with van der Waals surface area (Å²) in [6.45, 7) is 5.81. The van der Waals surface area contributed by atoms with Crippen molar-refractivity contribution in [1.29, 1.82) is 0 Å². The van der Waals surface area contributed by atoms with Crippen molar-refractivity contribution in [3.05, 3.63) is 58.7 Å². The van der Waals surface area contributed by atoms with Crippen LogP contribution in [0, 0.1) is 13.8 Å². The molecule has 0 N–H and O–H groups in total. The fourth-order valence-electron chi connectivity index (χ4n) is 2.41. The van der Waals surface area contributed by atoms with Gasteiger partial charge in [0.05, 0.1) is 27.8 Å². The van der Waals surface area contributed by atoms with Crippen molar-refractivity contribution in [2.45, 2.75) is 33.1 Å². The Morgan fingerprint density at radius 3 is 2.04 bits per heavy atom. The molecule has 2 rings (SSSR count). The second-order valence-electron chi connectivity index (χ2n) is 6.21. The zero-order chi connectivity index (χ0) is 20.4. The Morgan fingerprint density at radius 1 is 0.963 bits per heavy atom. The van der Waals surface area contributed by atoms with Gasteiger partial charge < -0.3 is 19.0 Å². The first-order chi connectivity index (χ1) is 12.9. The number of hydrogen-bond acceptors (Lipinski definition) is 5. The number of ether oxygens (including phenoxy) is 3. The number of rotatable bonds is 6. The molecule has 1 atom stereocenters. The van der Waals surface area contributed by atoms with E-state index in [9.17, 15) is 9.59 Å². The molecule has 0 fully saturated rings. The van der Waals surface area contributed by atoms with Gasteiger partial charge in [-0.25, -0.2) is 0 Å². The van der Waals surface area contributed by atoms with Crippen molar-refractivity contribution in [3.63, 3.8) is 0 Å². The maximum atomic E-state index is 11.0. The third-order valence-corrected chi connectivity index (χ3v) is 4.21. The van der Waals surface area contributed by atoms with Gasteiger partial charge >= 0.3 is 5.97 Å². The minimum absolute atomic E-state index is 0.0606. The highest BCUT2D eigenvalue weighted by atomic mass is 16.5. The van der Waals surface area contributed by atoms with E-state index in [1.807, 2.05) is 57.2 Å². The summed E-state index contributed by atoms with van der Waals surface area (Å²) in [4.78, 5) is 21.6. The van der Waals surface area contributed by atoms with Gasteiger partial charge in [0, 0.05) is 5.92 Å². The molecule has 0 radical (unpaired) electrons. The molecule has 2 aromatic carbocycles. The molecule has 0 aliphatic heterocycles. The average molecular weight is 372 g/mol. The number of carbonyl (C=O) groups is 2. The standard InChI is InChI=1S/C11H14O3.C11H14O2/c1-8-4-5-9(6-10(8)13-2)7-11(12)14-3;1-8-4-5-10(9(2)7-12)6-11(8)13-3/h4-6H,7H2,1-3H3;4-7,9H,1-3H3. The van der Waals surface area contributed by atoms with Gasteiger partial charge in [-0.15, -0.1) is 0 Å². The van der Waals surface area contributed by atoms with Crippen LogP contribution >= 0.6 is 0 Å². The Hall–Kier alpha value is -2.82. The largest absolute Gasteiger partial charge is 0.496 e. The Bertz CT molecular complexity index is 767. The van der Waals surface area contributed by atoms with E-state index < -0.39 is 0 Å². The Morgan fingerprint density at radius 2 is 1.52 bits per heavy atom. The van der Waals surface area contributed by atoms with Crippen molar-refractivity contribution in [1.82, 2.24) is 0 Å². The van der Waals surface area contributed by atoms with Gasteiger partial charge in [-0.3, -0.25) is 4.79 Å². The van der Waals surface area contributed by atoms with Gasteiger partial charge in [-0.2, -0.15) is 0 Å². The zero-order valence-electron chi connectivity index (χ0n) is 16.9. The first-order valence-electron chi connectivity index (χ1n) is 8.66. The molecule has 0 saturated heterocycles. The van der Waals surface area contributed by atoms with E-state index in [1.165, 1.54) is 7.11 Å². The summed E-state index contributed by atoms with van der Waals surface area (Å²) in [5.41, 5.74) is 4.04. The second-order valence-corrected chi connectivity index (χ2v) is 6.21. The molecular weight excluding hydrogens is 344 g/mol. The number of hydrogen-bond donors (Lipinski definition) is 0. The summed E-state index contributed by atoms with van der Waals surface area (Å²) in [6.07, 6.45) is 1.22. The molecule has 0 saturated carbocycles. The van der Waals surface area contributed by atoms with Gasteiger partial charge in [0.15, 0.2) is 0 Å². The van der Waals surface area contributed by atoms with Gasteiger partial charge in [-0.05, 0) is 48.2 Å². The van der Waals surface area contributed by atoms with E-state index in [1.54, 1.807) is 14.2 Å². The Labute approximate surface area is 161 Å². The van der Waals surface area contributed by atoms with Crippen molar-refractivity contribution < 1.29 is 23.8 Å². The molecule has 27 heavy (non-hydrogen) atoms. The smallest absolute Gasteiger partial charge is 0.309 e. The van der Waals surface area contributed by atoms with Gasteiger partial charge in [-0.1, -0.05) is 31.2 Å². The van der Waals surface area contributed by atoms with Crippen molar-refractivity contribution in [3.8, 4) is 11.5 Å². The van der Waals surface area contributed by atoms with Crippen molar-refractivity contribution in [2.75, 3.05) is 21.3 Å². The maximum absolute atomic E-state index is 11.0. The Balaban J connectivity index is 0.000000271. The van der Waals surface area contributed by atoms with E-state index in [2.05, 4.69) is 4.74 Å². The predicted octanol–water partition coefficient (Wildman–Crippen LogP) is 4.03. The summed E-state index contributed by atoms with van der Waals surface area (Å²) in [5, 5.41) is 0. The predicted molar refractivity (Wildman–Crippen MR) is 106 cm³/mol. The van der Waals surface area contributed by atoms with Gasteiger partial charge in [0.25, 0.3) is 0 Å². The van der Waals surface area contributed by atoms with E-state index in [0.717, 1.165) is 40.0 Å². The summed E-state index contributed by atoms with van der Waals surface area (Å²) in [6, 6.07) is 11.5. The lowest BCUT2D eigenvalue weighted by molar-refractivity contribution is -0.139. The van der Waals surface area contributed by atoms with Gasteiger partial charge in [0.1, 0.15) is 17.8 Å². The van der Waals surface area contributed by atoms with Crippen LogP contribution in [-0.4, -0.2) is 33.6 Å². The lowest BCUT2D eigenvalue weighted by atomic mass is 10.0. The average Bonchev–Trinajstić information content (AvgIpc) is 2.69. The number of aryl methyl sites for hydroxylation is 2. The minimum Gasteiger partial charge on any atom is -0.496 e. The highest BCUT2D eigenvalue weighted by Gasteiger charge is 2.06. The lowest BCUT2D eigenvalue weighted by Gasteiger charge is -2.08. The second kappa shape index (κ2) is 11.0. The minimum atomic E-state index is -0.240. The molecule has 0 aliphatic rings. The number of carbonyl (C=O) groups excluding carboxylic acids is 2. The summed E-state index contributed by atoms with van der Waals surface area (Å²) in [7, 11) is 4.63. The molecule has 2 aromatic rings. The molecule has 0 spiro atoms. The highest BCUT2D eigenvalue weighted by Crippen LogP contribution is 2.23. The topological polar surface area (TPSA) is 61.8 Å². The Kier molecular flexibility index (Phi) is 9.06. The van der Waals surface area contributed by atoms with Crippen molar-refractivity contribution >= 4 is 12.3 Å². The lowest BCUT2D eigenvalue weighted by Crippen LogP contribution is -2.04. The van der Waals surface area contributed by atoms with Crippen LogP contribution in [0.3, 0.4) is 0 Å². The molecule has 0 bridgehead atoms. The SMILES string of the molecule is COC(=O)Cc1ccc(C)c(OC)c1.COc1cc(C(C)C=O)ccc1C. The zero-order valence-corrected chi connectivity index (χ0v) is 16.9. The number of aldehydes is 1. The summed E-state index contributed by atoms with van der Waals surface area (Å²) >= 11 is 0. The third kappa shape index (κ3) is 6.77. The summed E-state index contributed by atoms with van der Waals surface area (Å²) in [5.74, 6) is 1.34. The van der Waals surface area contributed by atoms with Crippen LogP contribution in [0.2, 0.25) is 0 Å².